The summed E-state index contributed by atoms with van der Waals surface area (Å²) in [5.41, 5.74) is 0. The van der Waals surface area contributed by atoms with Crippen LogP contribution in [-0.4, -0.2) is 46.5 Å². The molecule has 6 heteroatoms. The van der Waals surface area contributed by atoms with Crippen LogP contribution in [-0.2, 0) is 14.8 Å². The third-order valence-corrected chi connectivity index (χ3v) is 4.20. The van der Waals surface area contributed by atoms with Gasteiger partial charge < -0.3 is 10.1 Å². The minimum Gasteiger partial charge on any atom is -0.377 e. The fraction of sp³-hybridized carbons (Fsp3) is 1.00. The highest BCUT2D eigenvalue weighted by atomic mass is 32.2. The molecule has 0 spiro atoms. The Morgan fingerprint density at radius 2 is 2.19 bits per heavy atom. The molecule has 0 radical (unpaired) electrons. The van der Waals surface area contributed by atoms with E-state index in [1.54, 1.807) is 0 Å². The van der Waals surface area contributed by atoms with Crippen molar-refractivity contribution < 1.29 is 13.2 Å². The van der Waals surface area contributed by atoms with Crippen LogP contribution >= 0.6 is 0 Å². The van der Waals surface area contributed by atoms with E-state index in [9.17, 15) is 8.42 Å². The van der Waals surface area contributed by atoms with E-state index in [1.807, 2.05) is 14.0 Å². The smallest absolute Gasteiger partial charge is 0.214 e. The van der Waals surface area contributed by atoms with Crippen molar-refractivity contribution >= 4 is 10.0 Å². The Bertz CT molecular complexity index is 286. The van der Waals surface area contributed by atoms with Gasteiger partial charge in [-0.25, -0.2) is 13.1 Å². The Morgan fingerprint density at radius 3 is 2.75 bits per heavy atom. The predicted molar refractivity (Wildman–Crippen MR) is 63.9 cm³/mol. The van der Waals surface area contributed by atoms with Gasteiger partial charge in [0.2, 0.25) is 10.0 Å². The average molecular weight is 250 g/mol. The number of rotatable bonds is 6. The zero-order chi connectivity index (χ0) is 12.0. The molecule has 0 aromatic rings. The van der Waals surface area contributed by atoms with Gasteiger partial charge in [0.1, 0.15) is 0 Å². The summed E-state index contributed by atoms with van der Waals surface area (Å²) in [6.07, 6.45) is 2.83. The molecule has 16 heavy (non-hydrogen) atoms. The van der Waals surface area contributed by atoms with Crippen LogP contribution in [0.15, 0.2) is 0 Å². The van der Waals surface area contributed by atoms with E-state index in [1.165, 1.54) is 0 Å². The Hall–Kier alpha value is -0.170. The van der Waals surface area contributed by atoms with Crippen molar-refractivity contribution in [2.24, 2.45) is 0 Å². The van der Waals surface area contributed by atoms with Gasteiger partial charge >= 0.3 is 0 Å². The number of likely N-dealkylation sites (N-methyl/N-ethyl adjacent to an activating group) is 1. The first kappa shape index (κ1) is 13.9. The van der Waals surface area contributed by atoms with E-state index in [4.69, 9.17) is 4.74 Å². The molecule has 1 aliphatic heterocycles. The average Bonchev–Trinajstić information content (AvgIpc) is 2.27. The summed E-state index contributed by atoms with van der Waals surface area (Å²) in [5.74, 6) is 0.0867. The predicted octanol–water partition coefficient (Wildman–Crippen LogP) is 0.0828. The van der Waals surface area contributed by atoms with Gasteiger partial charge in [-0.15, -0.1) is 0 Å². The first-order chi connectivity index (χ1) is 7.53. The highest BCUT2D eigenvalue weighted by Crippen LogP contribution is 2.13. The van der Waals surface area contributed by atoms with Gasteiger partial charge in [-0.05, 0) is 33.2 Å². The third-order valence-electron chi connectivity index (χ3n) is 2.78. The van der Waals surface area contributed by atoms with Crippen LogP contribution < -0.4 is 10.0 Å². The minimum atomic E-state index is -3.20. The van der Waals surface area contributed by atoms with Gasteiger partial charge in [-0.1, -0.05) is 0 Å². The summed E-state index contributed by atoms with van der Waals surface area (Å²) in [6, 6.07) is 0.141. The van der Waals surface area contributed by atoms with Crippen molar-refractivity contribution in [1.82, 2.24) is 10.0 Å². The van der Waals surface area contributed by atoms with E-state index in [2.05, 4.69) is 10.0 Å². The van der Waals surface area contributed by atoms with Crippen LogP contribution in [0.2, 0.25) is 0 Å². The normalized spacial score (nSPS) is 24.2. The van der Waals surface area contributed by atoms with Crippen LogP contribution in [0.3, 0.4) is 0 Å². The molecule has 1 saturated heterocycles. The topological polar surface area (TPSA) is 67.4 Å². The molecule has 5 nitrogen and oxygen atoms in total. The first-order valence-corrected chi connectivity index (χ1v) is 7.45. The second kappa shape index (κ2) is 6.54. The second-order valence-corrected chi connectivity index (χ2v) is 6.16. The van der Waals surface area contributed by atoms with Crippen molar-refractivity contribution in [3.8, 4) is 0 Å². The van der Waals surface area contributed by atoms with Crippen molar-refractivity contribution in [3.63, 3.8) is 0 Å². The summed E-state index contributed by atoms with van der Waals surface area (Å²) in [4.78, 5) is 0. The van der Waals surface area contributed by atoms with Gasteiger partial charge in [0, 0.05) is 19.2 Å². The van der Waals surface area contributed by atoms with Crippen LogP contribution in [0.1, 0.15) is 26.2 Å². The molecule has 96 valence electrons. The van der Waals surface area contributed by atoms with Crippen LogP contribution in [0.5, 0.6) is 0 Å². The van der Waals surface area contributed by atoms with Gasteiger partial charge in [0.25, 0.3) is 0 Å². The maximum atomic E-state index is 11.7. The number of hydrogen-bond acceptors (Lipinski definition) is 4. The van der Waals surface area contributed by atoms with Gasteiger partial charge in [-0.2, -0.15) is 0 Å². The number of hydrogen-bond donors (Lipinski definition) is 2. The molecule has 2 N–H and O–H groups in total. The summed E-state index contributed by atoms with van der Waals surface area (Å²) in [7, 11) is -1.39. The summed E-state index contributed by atoms with van der Waals surface area (Å²) >= 11 is 0. The lowest BCUT2D eigenvalue weighted by Crippen LogP contribution is -2.41. The maximum Gasteiger partial charge on any atom is 0.214 e. The van der Waals surface area contributed by atoms with E-state index < -0.39 is 10.0 Å². The molecule has 1 fully saturated rings. The van der Waals surface area contributed by atoms with E-state index in [-0.39, 0.29) is 17.9 Å². The van der Waals surface area contributed by atoms with Crippen molar-refractivity contribution in [2.75, 3.05) is 26.0 Å². The fourth-order valence-electron chi connectivity index (χ4n) is 1.60. The molecular weight excluding hydrogens is 228 g/mol. The lowest BCUT2D eigenvalue weighted by atomic mass is 10.1. The molecule has 0 aromatic carbocycles. The van der Waals surface area contributed by atoms with Crippen molar-refractivity contribution in [2.45, 2.75) is 38.3 Å². The zero-order valence-corrected chi connectivity index (χ0v) is 10.8. The molecule has 0 bridgehead atoms. The van der Waals surface area contributed by atoms with E-state index in [0.717, 1.165) is 19.3 Å². The standard InChI is InChI=1S/C10H22N2O3S/c1-9(11-2)7-12-16(13,14)8-10-5-3-4-6-15-10/h9-12H,3-8H2,1-2H3. The lowest BCUT2D eigenvalue weighted by molar-refractivity contribution is 0.0304. The number of ether oxygens (including phenoxy) is 1. The highest BCUT2D eigenvalue weighted by Gasteiger charge is 2.21. The van der Waals surface area contributed by atoms with Crippen LogP contribution in [0.25, 0.3) is 0 Å². The molecule has 0 saturated carbocycles. The largest absolute Gasteiger partial charge is 0.377 e. The SMILES string of the molecule is CNC(C)CNS(=O)(=O)CC1CCCCO1. The molecule has 1 aliphatic rings. The molecular formula is C10H22N2O3S. The lowest BCUT2D eigenvalue weighted by Gasteiger charge is -2.22. The maximum absolute atomic E-state index is 11.7. The monoisotopic (exact) mass is 250 g/mol. The summed E-state index contributed by atoms with van der Waals surface area (Å²) in [6.45, 7) is 3.04. The molecule has 1 rings (SSSR count). The molecule has 1 heterocycles. The quantitative estimate of drug-likeness (QED) is 0.701. The number of nitrogens with one attached hydrogen (secondary N) is 2. The van der Waals surface area contributed by atoms with Crippen molar-refractivity contribution in [1.29, 1.82) is 0 Å². The fourth-order valence-corrected chi connectivity index (χ4v) is 2.97. The molecule has 2 atom stereocenters. The Kier molecular flexibility index (Phi) is 5.68. The second-order valence-electron chi connectivity index (χ2n) is 4.31. The zero-order valence-electron chi connectivity index (χ0n) is 10.0. The van der Waals surface area contributed by atoms with E-state index >= 15 is 0 Å². The summed E-state index contributed by atoms with van der Waals surface area (Å²) in [5, 5.41) is 2.98. The van der Waals surface area contributed by atoms with Crippen LogP contribution in [0.4, 0.5) is 0 Å². The Labute approximate surface area is 98.0 Å². The van der Waals surface area contributed by atoms with Crippen molar-refractivity contribution in [3.05, 3.63) is 0 Å². The first-order valence-electron chi connectivity index (χ1n) is 5.79. The minimum absolute atomic E-state index is 0.0867. The molecule has 0 aromatic heterocycles. The van der Waals surface area contributed by atoms with E-state index in [0.29, 0.717) is 13.2 Å². The van der Waals surface area contributed by atoms with Gasteiger partial charge in [-0.3, -0.25) is 0 Å². The van der Waals surface area contributed by atoms with Crippen LogP contribution in [0, 0.1) is 0 Å². The summed E-state index contributed by atoms with van der Waals surface area (Å²) < 4.78 is 31.4. The molecule has 0 aliphatic carbocycles. The Balaban J connectivity index is 2.32. The molecule has 2 unspecified atom stereocenters. The highest BCUT2D eigenvalue weighted by molar-refractivity contribution is 7.89. The Morgan fingerprint density at radius 1 is 1.44 bits per heavy atom. The van der Waals surface area contributed by atoms with Gasteiger partial charge in [0.15, 0.2) is 0 Å². The molecule has 0 amide bonds. The third kappa shape index (κ3) is 5.25. The van der Waals surface area contributed by atoms with Gasteiger partial charge in [0.05, 0.1) is 11.9 Å². The number of sulfonamides is 1.